The quantitative estimate of drug-likeness (QED) is 0.425. The molecular formula is C24H35NO. The van der Waals surface area contributed by atoms with E-state index in [1.165, 1.54) is 36.8 Å². The molecule has 2 rings (SSSR count). The molecule has 0 saturated heterocycles. The van der Waals surface area contributed by atoms with Crippen molar-refractivity contribution in [2.75, 3.05) is 13.2 Å². The molecule has 2 aromatic rings. The molecule has 0 aromatic heterocycles. The Labute approximate surface area is 160 Å². The zero-order valence-electron chi connectivity index (χ0n) is 16.5. The van der Waals surface area contributed by atoms with Crippen molar-refractivity contribution in [2.45, 2.75) is 64.8 Å². The van der Waals surface area contributed by atoms with Crippen LogP contribution < -0.4 is 10.1 Å². The minimum absolute atomic E-state index is 0.404. The van der Waals surface area contributed by atoms with Crippen LogP contribution in [0, 0.1) is 0 Å². The molecule has 0 bridgehead atoms. The Balaban J connectivity index is 1.72. The van der Waals surface area contributed by atoms with Gasteiger partial charge in [0.15, 0.2) is 0 Å². The van der Waals surface area contributed by atoms with Gasteiger partial charge in [-0.2, -0.15) is 0 Å². The third kappa shape index (κ3) is 7.61. The van der Waals surface area contributed by atoms with Gasteiger partial charge in [0.25, 0.3) is 0 Å². The number of rotatable bonds is 13. The van der Waals surface area contributed by atoms with Crippen molar-refractivity contribution in [2.24, 2.45) is 0 Å². The number of nitrogens with one attached hydrogen (secondary N) is 1. The van der Waals surface area contributed by atoms with Gasteiger partial charge in [-0.15, -0.1) is 0 Å². The minimum Gasteiger partial charge on any atom is -0.494 e. The van der Waals surface area contributed by atoms with Crippen LogP contribution in [0.25, 0.3) is 0 Å². The predicted molar refractivity (Wildman–Crippen MR) is 112 cm³/mol. The van der Waals surface area contributed by atoms with Gasteiger partial charge in [-0.1, -0.05) is 82.0 Å². The minimum atomic E-state index is 0.404. The number of hydrogen-bond acceptors (Lipinski definition) is 2. The standard InChI is InChI=1S/C24H35NO/c1-3-5-6-7-11-20-26-23-16-14-22(15-17-23)24(4-2)25-19-18-21-12-9-8-10-13-21/h8-10,12-17,24-25H,3-7,11,18-20H2,1-2H3. The summed E-state index contributed by atoms with van der Waals surface area (Å²) in [6.07, 6.45) is 8.54. The molecule has 142 valence electrons. The summed E-state index contributed by atoms with van der Waals surface area (Å²) in [4.78, 5) is 0. The van der Waals surface area contributed by atoms with Crippen LogP contribution in [-0.2, 0) is 6.42 Å². The first kappa shape index (κ1) is 20.5. The van der Waals surface area contributed by atoms with Crippen LogP contribution in [0.4, 0.5) is 0 Å². The molecule has 0 spiro atoms. The summed E-state index contributed by atoms with van der Waals surface area (Å²) in [5.74, 6) is 0.989. The summed E-state index contributed by atoms with van der Waals surface area (Å²) in [5.41, 5.74) is 2.73. The second-order valence-electron chi connectivity index (χ2n) is 6.98. The highest BCUT2D eigenvalue weighted by atomic mass is 16.5. The summed E-state index contributed by atoms with van der Waals surface area (Å²) < 4.78 is 5.87. The van der Waals surface area contributed by atoms with E-state index < -0.39 is 0 Å². The van der Waals surface area contributed by atoms with Crippen molar-refractivity contribution < 1.29 is 4.74 Å². The smallest absolute Gasteiger partial charge is 0.119 e. The molecule has 0 fully saturated rings. The SMILES string of the molecule is CCCCCCCOc1ccc(C(CC)NCCc2ccccc2)cc1. The zero-order chi connectivity index (χ0) is 18.5. The average Bonchev–Trinajstić information content (AvgIpc) is 2.69. The van der Waals surface area contributed by atoms with Crippen molar-refractivity contribution in [3.63, 3.8) is 0 Å². The second-order valence-corrected chi connectivity index (χ2v) is 6.98. The lowest BCUT2D eigenvalue weighted by Gasteiger charge is -2.18. The van der Waals surface area contributed by atoms with E-state index in [0.29, 0.717) is 6.04 Å². The number of unbranched alkanes of at least 4 members (excludes halogenated alkanes) is 4. The third-order valence-electron chi connectivity index (χ3n) is 4.85. The highest BCUT2D eigenvalue weighted by Crippen LogP contribution is 2.20. The van der Waals surface area contributed by atoms with Gasteiger partial charge in [0, 0.05) is 6.04 Å². The molecule has 0 radical (unpaired) electrons. The summed E-state index contributed by atoms with van der Waals surface area (Å²) in [6, 6.07) is 19.7. The Kier molecular flexibility index (Phi) is 9.89. The van der Waals surface area contributed by atoms with Crippen LogP contribution in [0.2, 0.25) is 0 Å². The van der Waals surface area contributed by atoms with Crippen molar-refractivity contribution in [1.29, 1.82) is 0 Å². The molecule has 1 N–H and O–H groups in total. The molecule has 1 unspecified atom stereocenters. The molecule has 0 aliphatic heterocycles. The lowest BCUT2D eigenvalue weighted by molar-refractivity contribution is 0.304. The van der Waals surface area contributed by atoms with E-state index in [-0.39, 0.29) is 0 Å². The maximum absolute atomic E-state index is 5.87. The van der Waals surface area contributed by atoms with Gasteiger partial charge in [-0.25, -0.2) is 0 Å². The molecule has 0 saturated carbocycles. The number of benzene rings is 2. The highest BCUT2D eigenvalue weighted by molar-refractivity contribution is 5.29. The van der Waals surface area contributed by atoms with Gasteiger partial charge in [0.2, 0.25) is 0 Å². The van der Waals surface area contributed by atoms with E-state index >= 15 is 0 Å². The normalized spacial score (nSPS) is 12.1. The lowest BCUT2D eigenvalue weighted by atomic mass is 10.0. The van der Waals surface area contributed by atoms with E-state index in [1.807, 2.05) is 0 Å². The summed E-state index contributed by atoms with van der Waals surface area (Å²) >= 11 is 0. The van der Waals surface area contributed by atoms with E-state index in [2.05, 4.69) is 73.8 Å². The first-order valence-electron chi connectivity index (χ1n) is 10.3. The predicted octanol–water partition coefficient (Wildman–Crippen LogP) is 6.32. The Morgan fingerprint density at radius 1 is 0.846 bits per heavy atom. The van der Waals surface area contributed by atoms with Gasteiger partial charge in [-0.3, -0.25) is 0 Å². The Hall–Kier alpha value is -1.80. The van der Waals surface area contributed by atoms with Crippen molar-refractivity contribution in [3.05, 3.63) is 65.7 Å². The fourth-order valence-corrected chi connectivity index (χ4v) is 3.23. The molecule has 0 heterocycles. The van der Waals surface area contributed by atoms with E-state index in [0.717, 1.165) is 38.2 Å². The maximum Gasteiger partial charge on any atom is 0.119 e. The molecule has 2 aromatic carbocycles. The van der Waals surface area contributed by atoms with Gasteiger partial charge < -0.3 is 10.1 Å². The van der Waals surface area contributed by atoms with Crippen LogP contribution in [0.3, 0.4) is 0 Å². The molecular weight excluding hydrogens is 318 g/mol. The molecule has 0 aliphatic carbocycles. The van der Waals surface area contributed by atoms with Crippen molar-refractivity contribution in [3.8, 4) is 5.75 Å². The Morgan fingerprint density at radius 2 is 1.58 bits per heavy atom. The molecule has 26 heavy (non-hydrogen) atoms. The van der Waals surface area contributed by atoms with Crippen LogP contribution in [-0.4, -0.2) is 13.2 Å². The van der Waals surface area contributed by atoms with Gasteiger partial charge in [0.05, 0.1) is 6.61 Å². The summed E-state index contributed by atoms with van der Waals surface area (Å²) in [6.45, 7) is 6.31. The van der Waals surface area contributed by atoms with Crippen molar-refractivity contribution in [1.82, 2.24) is 5.32 Å². The first-order valence-corrected chi connectivity index (χ1v) is 10.3. The van der Waals surface area contributed by atoms with E-state index in [4.69, 9.17) is 4.74 Å². The van der Waals surface area contributed by atoms with Crippen LogP contribution in [0.15, 0.2) is 54.6 Å². The first-order chi connectivity index (χ1) is 12.8. The van der Waals surface area contributed by atoms with Crippen LogP contribution in [0.5, 0.6) is 5.75 Å². The van der Waals surface area contributed by atoms with Crippen molar-refractivity contribution >= 4 is 0 Å². The topological polar surface area (TPSA) is 21.3 Å². The summed E-state index contributed by atoms with van der Waals surface area (Å²) in [7, 11) is 0. The lowest BCUT2D eigenvalue weighted by Crippen LogP contribution is -2.23. The monoisotopic (exact) mass is 353 g/mol. The van der Waals surface area contributed by atoms with E-state index in [9.17, 15) is 0 Å². The van der Waals surface area contributed by atoms with Gasteiger partial charge >= 0.3 is 0 Å². The fourth-order valence-electron chi connectivity index (χ4n) is 3.23. The van der Waals surface area contributed by atoms with Gasteiger partial charge in [0.1, 0.15) is 5.75 Å². The third-order valence-corrected chi connectivity index (χ3v) is 4.85. The maximum atomic E-state index is 5.87. The zero-order valence-corrected chi connectivity index (χ0v) is 16.5. The number of hydrogen-bond donors (Lipinski definition) is 1. The largest absolute Gasteiger partial charge is 0.494 e. The van der Waals surface area contributed by atoms with Gasteiger partial charge in [-0.05, 0) is 49.1 Å². The molecule has 2 nitrogen and oxygen atoms in total. The fraction of sp³-hybridized carbons (Fsp3) is 0.500. The highest BCUT2D eigenvalue weighted by Gasteiger charge is 2.08. The Bertz CT molecular complexity index is 579. The molecule has 0 amide bonds. The Morgan fingerprint density at radius 3 is 2.27 bits per heavy atom. The van der Waals surface area contributed by atoms with Crippen LogP contribution in [0.1, 0.15) is 69.5 Å². The number of ether oxygens (including phenoxy) is 1. The molecule has 1 atom stereocenters. The molecule has 2 heteroatoms. The van der Waals surface area contributed by atoms with E-state index in [1.54, 1.807) is 0 Å². The average molecular weight is 354 g/mol. The molecule has 0 aliphatic rings. The van der Waals surface area contributed by atoms with Crippen LogP contribution >= 0.6 is 0 Å². The second kappa shape index (κ2) is 12.5. The summed E-state index contributed by atoms with van der Waals surface area (Å²) in [5, 5.41) is 3.68.